The van der Waals surface area contributed by atoms with Crippen molar-refractivity contribution in [1.29, 1.82) is 0 Å². The molecule has 6 nitrogen and oxygen atoms in total. The molecular weight excluding hydrogens is 396 g/mol. The Bertz CT molecular complexity index is 827. The fraction of sp³-hybridized carbons (Fsp3) is 0.360. The highest BCUT2D eigenvalue weighted by Crippen LogP contribution is 2.21. The van der Waals surface area contributed by atoms with Crippen molar-refractivity contribution in [3.8, 4) is 11.5 Å². The first-order valence-corrected chi connectivity index (χ1v) is 10.4. The van der Waals surface area contributed by atoms with Crippen LogP contribution >= 0.6 is 0 Å². The highest BCUT2D eigenvalue weighted by molar-refractivity contribution is 5.29. The fourth-order valence-corrected chi connectivity index (χ4v) is 2.85. The van der Waals surface area contributed by atoms with Gasteiger partial charge in [0.2, 0.25) is 0 Å². The molecule has 2 fully saturated rings. The van der Waals surface area contributed by atoms with Gasteiger partial charge in [0.15, 0.2) is 0 Å². The first-order valence-electron chi connectivity index (χ1n) is 10.4. The van der Waals surface area contributed by atoms with E-state index in [4.69, 9.17) is 28.4 Å². The van der Waals surface area contributed by atoms with Crippen molar-refractivity contribution in [3.63, 3.8) is 0 Å². The van der Waals surface area contributed by atoms with E-state index >= 15 is 0 Å². The summed E-state index contributed by atoms with van der Waals surface area (Å²) in [5, 5.41) is 0. The van der Waals surface area contributed by atoms with Gasteiger partial charge in [-0.15, -0.1) is 0 Å². The Morgan fingerprint density at radius 2 is 1.23 bits per heavy atom. The smallest absolute Gasteiger partial charge is 0.119 e. The van der Waals surface area contributed by atoms with Gasteiger partial charge < -0.3 is 28.4 Å². The number of hydrogen-bond donors (Lipinski definition) is 0. The standard InChI is InChI=1S/C25H28O6/c1-18(26-12-20-5-3-7-22(10-20)28-14-24-16-30-24)9-19(2)27-13-21-6-4-8-23(11-21)29-15-25-17-31-25/h3-8,10-11,24-25H,1-2,9,12-17H2. The summed E-state index contributed by atoms with van der Waals surface area (Å²) in [7, 11) is 0. The number of benzene rings is 2. The molecule has 31 heavy (non-hydrogen) atoms. The highest BCUT2D eigenvalue weighted by atomic mass is 16.6. The van der Waals surface area contributed by atoms with Gasteiger partial charge in [0, 0.05) is 0 Å². The van der Waals surface area contributed by atoms with Crippen LogP contribution in [0.4, 0.5) is 0 Å². The zero-order valence-electron chi connectivity index (χ0n) is 17.6. The maximum Gasteiger partial charge on any atom is 0.119 e. The zero-order chi connectivity index (χ0) is 21.5. The van der Waals surface area contributed by atoms with Crippen LogP contribution in [0.2, 0.25) is 0 Å². The third-order valence-corrected chi connectivity index (χ3v) is 4.75. The van der Waals surface area contributed by atoms with Crippen molar-refractivity contribution < 1.29 is 28.4 Å². The molecule has 0 saturated carbocycles. The first kappa shape index (κ1) is 21.3. The van der Waals surface area contributed by atoms with Crippen LogP contribution < -0.4 is 9.47 Å². The maximum absolute atomic E-state index is 5.78. The van der Waals surface area contributed by atoms with Crippen molar-refractivity contribution in [2.75, 3.05) is 26.4 Å². The van der Waals surface area contributed by atoms with Crippen LogP contribution in [0.25, 0.3) is 0 Å². The topological polar surface area (TPSA) is 62.0 Å². The molecule has 0 aromatic heterocycles. The molecule has 0 N–H and O–H groups in total. The Kier molecular flexibility index (Phi) is 7.12. The van der Waals surface area contributed by atoms with Crippen LogP contribution in [-0.2, 0) is 32.2 Å². The molecule has 0 bridgehead atoms. The van der Waals surface area contributed by atoms with E-state index < -0.39 is 0 Å². The van der Waals surface area contributed by atoms with Gasteiger partial charge in [0.25, 0.3) is 0 Å². The van der Waals surface area contributed by atoms with Crippen LogP contribution in [0.15, 0.2) is 73.2 Å². The maximum atomic E-state index is 5.78. The normalized spacial score (nSPS) is 18.7. The van der Waals surface area contributed by atoms with Gasteiger partial charge >= 0.3 is 0 Å². The lowest BCUT2D eigenvalue weighted by Crippen LogP contribution is -2.04. The van der Waals surface area contributed by atoms with Gasteiger partial charge in [-0.1, -0.05) is 37.4 Å². The zero-order valence-corrected chi connectivity index (χ0v) is 17.6. The highest BCUT2D eigenvalue weighted by Gasteiger charge is 2.23. The molecule has 2 saturated heterocycles. The van der Waals surface area contributed by atoms with Gasteiger partial charge in [-0.2, -0.15) is 0 Å². The monoisotopic (exact) mass is 424 g/mol. The predicted molar refractivity (Wildman–Crippen MR) is 116 cm³/mol. The minimum Gasteiger partial charge on any atom is -0.493 e. The lowest BCUT2D eigenvalue weighted by molar-refractivity contribution is 0.157. The second-order valence-corrected chi connectivity index (χ2v) is 7.66. The van der Waals surface area contributed by atoms with E-state index in [1.54, 1.807) is 0 Å². The lowest BCUT2D eigenvalue weighted by Gasteiger charge is -2.13. The third-order valence-electron chi connectivity index (χ3n) is 4.75. The minimum atomic E-state index is 0.234. The molecule has 164 valence electrons. The molecular formula is C25H28O6. The summed E-state index contributed by atoms with van der Waals surface area (Å²) in [4.78, 5) is 0. The summed E-state index contributed by atoms with van der Waals surface area (Å²) in [6.45, 7) is 11.5. The average Bonchev–Trinajstić information content (AvgIpc) is 3.69. The number of ether oxygens (including phenoxy) is 6. The lowest BCUT2D eigenvalue weighted by atomic mass is 10.2. The molecule has 2 aliphatic heterocycles. The van der Waals surface area contributed by atoms with E-state index in [2.05, 4.69) is 13.2 Å². The van der Waals surface area contributed by atoms with E-state index in [1.165, 1.54) is 0 Å². The average molecular weight is 424 g/mol. The van der Waals surface area contributed by atoms with Crippen molar-refractivity contribution in [3.05, 3.63) is 84.3 Å². The largest absolute Gasteiger partial charge is 0.493 e. The van der Waals surface area contributed by atoms with Crippen LogP contribution in [0, 0.1) is 0 Å². The van der Waals surface area contributed by atoms with E-state index in [0.29, 0.717) is 44.4 Å². The third kappa shape index (κ3) is 7.66. The summed E-state index contributed by atoms with van der Waals surface area (Å²) in [5.74, 6) is 2.82. The molecule has 2 aromatic carbocycles. The van der Waals surface area contributed by atoms with Crippen molar-refractivity contribution >= 4 is 0 Å². The van der Waals surface area contributed by atoms with Crippen molar-refractivity contribution in [1.82, 2.24) is 0 Å². The molecule has 0 spiro atoms. The summed E-state index contributed by atoms with van der Waals surface area (Å²) in [6.07, 6.45) is 0.904. The Balaban J connectivity index is 1.15. The van der Waals surface area contributed by atoms with E-state index in [9.17, 15) is 0 Å². The second-order valence-electron chi connectivity index (χ2n) is 7.66. The summed E-state index contributed by atoms with van der Waals surface area (Å²) in [6, 6.07) is 15.7. The molecule has 0 radical (unpaired) electrons. The van der Waals surface area contributed by atoms with Gasteiger partial charge in [0.05, 0.1) is 31.2 Å². The van der Waals surface area contributed by atoms with Crippen LogP contribution in [0.3, 0.4) is 0 Å². The molecule has 2 heterocycles. The van der Waals surface area contributed by atoms with Crippen LogP contribution in [-0.4, -0.2) is 38.6 Å². The SMILES string of the molecule is C=C(CC(=C)OCc1cccc(OCC2CO2)c1)OCc1cccc(OCC2CO2)c1. The molecule has 2 unspecified atom stereocenters. The number of hydrogen-bond acceptors (Lipinski definition) is 6. The van der Waals surface area contributed by atoms with E-state index in [1.807, 2.05) is 48.5 Å². The van der Waals surface area contributed by atoms with Gasteiger partial charge in [-0.25, -0.2) is 0 Å². The second kappa shape index (κ2) is 10.4. The molecule has 6 heteroatoms. The Morgan fingerprint density at radius 1 is 0.774 bits per heavy atom. The number of rotatable bonds is 14. The van der Waals surface area contributed by atoms with Gasteiger partial charge in [-0.05, 0) is 35.4 Å². The summed E-state index contributed by atoms with van der Waals surface area (Å²) >= 11 is 0. The van der Waals surface area contributed by atoms with Crippen LogP contribution in [0.1, 0.15) is 17.5 Å². The first-order chi connectivity index (χ1) is 15.1. The summed E-state index contributed by atoms with van der Waals surface area (Å²) in [5.41, 5.74) is 2.02. The minimum absolute atomic E-state index is 0.234. The van der Waals surface area contributed by atoms with Crippen molar-refractivity contribution in [2.45, 2.75) is 31.8 Å². The van der Waals surface area contributed by atoms with Crippen LogP contribution in [0.5, 0.6) is 11.5 Å². The Morgan fingerprint density at radius 3 is 1.65 bits per heavy atom. The molecule has 4 rings (SSSR count). The van der Waals surface area contributed by atoms with E-state index in [0.717, 1.165) is 35.8 Å². The van der Waals surface area contributed by atoms with Crippen molar-refractivity contribution in [2.24, 2.45) is 0 Å². The number of epoxide rings is 2. The molecule has 0 aliphatic carbocycles. The molecule has 2 aliphatic rings. The predicted octanol–water partition coefficient (Wildman–Crippen LogP) is 4.39. The molecule has 0 amide bonds. The Labute approximate surface area is 183 Å². The Hall–Kier alpha value is -2.96. The van der Waals surface area contributed by atoms with E-state index in [-0.39, 0.29) is 12.2 Å². The quantitative estimate of drug-likeness (QED) is 0.331. The molecule has 2 aromatic rings. The molecule has 2 atom stereocenters. The fourth-order valence-electron chi connectivity index (χ4n) is 2.85. The van der Waals surface area contributed by atoms with Gasteiger partial charge in [-0.3, -0.25) is 0 Å². The van der Waals surface area contributed by atoms with Gasteiger partial charge in [0.1, 0.15) is 50.1 Å². The summed E-state index contributed by atoms with van der Waals surface area (Å²) < 4.78 is 33.3.